The maximum absolute atomic E-state index is 12.7. The zero-order valence-corrected chi connectivity index (χ0v) is 15.0. The summed E-state index contributed by atoms with van der Waals surface area (Å²) in [6.45, 7) is 1.61. The van der Waals surface area contributed by atoms with Crippen molar-refractivity contribution in [1.29, 1.82) is 0 Å². The summed E-state index contributed by atoms with van der Waals surface area (Å²) in [5.74, 6) is -0.962. The van der Waals surface area contributed by atoms with E-state index >= 15 is 0 Å². The molecule has 1 unspecified atom stereocenters. The summed E-state index contributed by atoms with van der Waals surface area (Å²) in [4.78, 5) is 37.1. The summed E-state index contributed by atoms with van der Waals surface area (Å²) in [6.07, 6.45) is 0.0619. The molecule has 0 spiro atoms. The standard InChI is InChI=1S/C18H16BrN3O3/c1-18(13-5-3-2-4-6-13)16(24)22(17(25)20-18)21-15(23)11-12-7-9-14(19)10-8-12/h2-10H,11H2,1H3,(H,20,25)(H,21,23). The highest BCUT2D eigenvalue weighted by atomic mass is 79.9. The van der Waals surface area contributed by atoms with Crippen molar-refractivity contribution in [2.24, 2.45) is 0 Å². The van der Waals surface area contributed by atoms with Gasteiger partial charge < -0.3 is 5.32 Å². The second-order valence-electron chi connectivity index (χ2n) is 5.90. The molecule has 2 aromatic rings. The Morgan fingerprint density at radius 1 is 1.12 bits per heavy atom. The average Bonchev–Trinajstić information content (AvgIpc) is 2.82. The van der Waals surface area contributed by atoms with Crippen molar-refractivity contribution in [1.82, 2.24) is 15.8 Å². The maximum Gasteiger partial charge on any atom is 0.344 e. The number of carbonyl (C=O) groups excluding carboxylic acids is 3. The molecule has 6 nitrogen and oxygen atoms in total. The van der Waals surface area contributed by atoms with Crippen LogP contribution in [-0.4, -0.2) is 22.9 Å². The number of benzene rings is 2. The highest BCUT2D eigenvalue weighted by molar-refractivity contribution is 9.10. The molecule has 1 aliphatic rings. The molecule has 0 aromatic heterocycles. The summed E-state index contributed by atoms with van der Waals surface area (Å²) >= 11 is 3.33. The molecule has 3 rings (SSSR count). The van der Waals surface area contributed by atoms with Crippen molar-refractivity contribution >= 4 is 33.8 Å². The summed E-state index contributed by atoms with van der Waals surface area (Å²) in [6, 6.07) is 15.5. The van der Waals surface area contributed by atoms with E-state index in [0.717, 1.165) is 15.0 Å². The first-order valence-electron chi connectivity index (χ1n) is 7.66. The minimum Gasteiger partial charge on any atom is -0.318 e. The number of imide groups is 1. The second-order valence-corrected chi connectivity index (χ2v) is 6.82. The van der Waals surface area contributed by atoms with Crippen LogP contribution < -0.4 is 10.7 Å². The monoisotopic (exact) mass is 401 g/mol. The lowest BCUT2D eigenvalue weighted by molar-refractivity contribution is -0.138. The Hall–Kier alpha value is -2.67. The van der Waals surface area contributed by atoms with Crippen molar-refractivity contribution < 1.29 is 14.4 Å². The molecular formula is C18H16BrN3O3. The van der Waals surface area contributed by atoms with E-state index in [0.29, 0.717) is 5.56 Å². The van der Waals surface area contributed by atoms with Crippen LogP contribution >= 0.6 is 15.9 Å². The number of halogens is 1. The molecule has 1 saturated heterocycles. The number of hydrogen-bond donors (Lipinski definition) is 2. The van der Waals surface area contributed by atoms with E-state index in [1.807, 2.05) is 18.2 Å². The third-order valence-electron chi connectivity index (χ3n) is 4.06. The van der Waals surface area contributed by atoms with Crippen LogP contribution in [0.1, 0.15) is 18.1 Å². The van der Waals surface area contributed by atoms with Gasteiger partial charge in [-0.05, 0) is 30.2 Å². The van der Waals surface area contributed by atoms with Gasteiger partial charge in [-0.15, -0.1) is 0 Å². The van der Waals surface area contributed by atoms with E-state index < -0.39 is 23.4 Å². The summed E-state index contributed by atoms with van der Waals surface area (Å²) in [7, 11) is 0. The molecule has 0 bridgehead atoms. The van der Waals surface area contributed by atoms with Gasteiger partial charge in [0.15, 0.2) is 0 Å². The van der Waals surface area contributed by atoms with Crippen molar-refractivity contribution in [3.8, 4) is 0 Å². The number of nitrogens with zero attached hydrogens (tertiary/aromatic N) is 1. The lowest BCUT2D eigenvalue weighted by Gasteiger charge is -2.22. The topological polar surface area (TPSA) is 78.5 Å². The van der Waals surface area contributed by atoms with Crippen LogP contribution in [0.25, 0.3) is 0 Å². The second kappa shape index (κ2) is 6.68. The van der Waals surface area contributed by atoms with Gasteiger partial charge in [0.2, 0.25) is 5.91 Å². The van der Waals surface area contributed by atoms with E-state index in [4.69, 9.17) is 0 Å². The van der Waals surface area contributed by atoms with E-state index in [9.17, 15) is 14.4 Å². The van der Waals surface area contributed by atoms with Gasteiger partial charge in [0.05, 0.1) is 6.42 Å². The number of urea groups is 1. The van der Waals surface area contributed by atoms with Gasteiger partial charge in [0, 0.05) is 4.47 Å². The third-order valence-corrected chi connectivity index (χ3v) is 4.59. The van der Waals surface area contributed by atoms with Crippen LogP contribution in [0.3, 0.4) is 0 Å². The predicted molar refractivity (Wildman–Crippen MR) is 95.2 cm³/mol. The first-order chi connectivity index (χ1) is 11.9. The van der Waals surface area contributed by atoms with Crippen LogP contribution in [0.15, 0.2) is 59.1 Å². The molecule has 1 atom stereocenters. The lowest BCUT2D eigenvalue weighted by atomic mass is 9.92. The van der Waals surface area contributed by atoms with E-state index in [1.165, 1.54) is 0 Å². The van der Waals surface area contributed by atoms with Gasteiger partial charge in [-0.2, -0.15) is 5.01 Å². The normalized spacial score (nSPS) is 19.7. The van der Waals surface area contributed by atoms with Gasteiger partial charge in [-0.1, -0.05) is 58.4 Å². The predicted octanol–water partition coefficient (Wildman–Crippen LogP) is 2.49. The molecule has 1 heterocycles. The quantitative estimate of drug-likeness (QED) is 0.772. The summed E-state index contributed by atoms with van der Waals surface area (Å²) < 4.78 is 0.907. The zero-order valence-electron chi connectivity index (χ0n) is 13.5. The van der Waals surface area contributed by atoms with Gasteiger partial charge >= 0.3 is 6.03 Å². The van der Waals surface area contributed by atoms with Crippen LogP contribution in [0, 0.1) is 0 Å². The molecule has 1 fully saturated rings. The fraction of sp³-hybridized carbons (Fsp3) is 0.167. The molecule has 128 valence electrons. The first kappa shape index (κ1) is 17.2. The van der Waals surface area contributed by atoms with Crippen molar-refractivity contribution in [2.45, 2.75) is 18.9 Å². The minimum absolute atomic E-state index is 0.0619. The molecule has 2 aromatic carbocycles. The Morgan fingerprint density at radius 2 is 1.76 bits per heavy atom. The minimum atomic E-state index is -1.21. The number of carbonyl (C=O) groups is 3. The SMILES string of the molecule is CC1(c2ccccc2)NC(=O)N(NC(=O)Cc2ccc(Br)cc2)C1=O. The van der Waals surface area contributed by atoms with Gasteiger partial charge in [0.1, 0.15) is 5.54 Å². The molecule has 25 heavy (non-hydrogen) atoms. The molecule has 4 amide bonds. The van der Waals surface area contributed by atoms with Gasteiger partial charge in [-0.25, -0.2) is 4.79 Å². The lowest BCUT2D eigenvalue weighted by Crippen LogP contribution is -2.48. The molecule has 0 saturated carbocycles. The molecule has 2 N–H and O–H groups in total. The van der Waals surface area contributed by atoms with Gasteiger partial charge in [0.25, 0.3) is 5.91 Å². The van der Waals surface area contributed by atoms with Crippen molar-refractivity contribution in [3.05, 3.63) is 70.2 Å². The molecule has 1 aliphatic heterocycles. The molecular weight excluding hydrogens is 386 g/mol. The van der Waals surface area contributed by atoms with Crippen LogP contribution in [0.5, 0.6) is 0 Å². The highest BCUT2D eigenvalue weighted by Crippen LogP contribution is 2.27. The molecule has 0 radical (unpaired) electrons. The largest absolute Gasteiger partial charge is 0.344 e. The smallest absolute Gasteiger partial charge is 0.318 e. The van der Waals surface area contributed by atoms with Gasteiger partial charge in [-0.3, -0.25) is 15.0 Å². The fourth-order valence-electron chi connectivity index (χ4n) is 2.66. The highest BCUT2D eigenvalue weighted by Gasteiger charge is 2.49. The van der Waals surface area contributed by atoms with E-state index in [2.05, 4.69) is 26.7 Å². The van der Waals surface area contributed by atoms with Crippen LogP contribution in [0.4, 0.5) is 4.79 Å². The van der Waals surface area contributed by atoms with E-state index in [-0.39, 0.29) is 6.42 Å². The first-order valence-corrected chi connectivity index (χ1v) is 8.45. The third kappa shape index (κ3) is 3.41. The Labute approximate surface area is 153 Å². The molecule has 0 aliphatic carbocycles. The maximum atomic E-state index is 12.7. The Bertz CT molecular complexity index is 823. The van der Waals surface area contributed by atoms with Crippen molar-refractivity contribution in [3.63, 3.8) is 0 Å². The number of hydrogen-bond acceptors (Lipinski definition) is 3. The van der Waals surface area contributed by atoms with Crippen molar-refractivity contribution in [2.75, 3.05) is 0 Å². The summed E-state index contributed by atoms with van der Waals surface area (Å²) in [5.41, 5.74) is 2.61. The number of amides is 4. The Kier molecular flexibility index (Phi) is 4.59. The molecule has 7 heteroatoms. The number of nitrogens with one attached hydrogen (secondary N) is 2. The van der Waals surface area contributed by atoms with E-state index in [1.54, 1.807) is 43.3 Å². The van der Waals surface area contributed by atoms with Crippen LogP contribution in [-0.2, 0) is 21.5 Å². The Morgan fingerprint density at radius 3 is 2.40 bits per heavy atom. The summed E-state index contributed by atoms with van der Waals surface area (Å²) in [5, 5.41) is 3.38. The fourth-order valence-corrected chi connectivity index (χ4v) is 2.92. The number of hydrazine groups is 1. The Balaban J connectivity index is 1.72. The average molecular weight is 402 g/mol. The van der Waals surface area contributed by atoms with Crippen LogP contribution in [0.2, 0.25) is 0 Å². The number of rotatable bonds is 4. The zero-order chi connectivity index (χ0) is 18.0.